The molecule has 0 amide bonds. The minimum Gasteiger partial charge on any atom is -0.488 e. The molecule has 0 spiro atoms. The first-order valence-corrected chi connectivity index (χ1v) is 13.3. The van der Waals surface area contributed by atoms with Gasteiger partial charge in [0.2, 0.25) is 0 Å². The van der Waals surface area contributed by atoms with Crippen LogP contribution in [-0.2, 0) is 26.6 Å². The summed E-state index contributed by atoms with van der Waals surface area (Å²) in [5.74, 6) is 1.08. The van der Waals surface area contributed by atoms with E-state index in [0.29, 0.717) is 27.9 Å². The Hall–Kier alpha value is -3.92. The molecule has 0 saturated carbocycles. The van der Waals surface area contributed by atoms with Crippen molar-refractivity contribution in [2.45, 2.75) is 45.1 Å². The molecule has 3 aromatic heterocycles. The molecule has 0 atom stereocenters. The molecule has 2 aromatic carbocycles. The smallest absolute Gasteiger partial charge is 0.328 e. The Bertz CT molecular complexity index is 1780. The van der Waals surface area contributed by atoms with Crippen LogP contribution in [0.1, 0.15) is 39.4 Å². The van der Waals surface area contributed by atoms with Crippen molar-refractivity contribution in [1.82, 2.24) is 33.8 Å². The Morgan fingerprint density at radius 1 is 1.03 bits per heavy atom. The van der Waals surface area contributed by atoms with E-state index >= 15 is 4.39 Å². The van der Waals surface area contributed by atoms with Crippen LogP contribution < -0.4 is 15.7 Å². The molecule has 0 bridgehead atoms. The number of hydrogen-bond acceptors (Lipinski definition) is 5. The van der Waals surface area contributed by atoms with Crippen LogP contribution in [0.15, 0.2) is 41.5 Å². The lowest BCUT2D eigenvalue weighted by molar-refractivity contribution is 0.164. The van der Waals surface area contributed by atoms with Crippen molar-refractivity contribution in [2.75, 3.05) is 13.1 Å². The molecule has 6 rings (SSSR count). The topological polar surface area (TPSA) is 83.8 Å². The summed E-state index contributed by atoms with van der Waals surface area (Å²) in [6, 6.07) is 7.26. The molecule has 10 heteroatoms. The Balaban J connectivity index is 1.61. The van der Waals surface area contributed by atoms with E-state index < -0.39 is 0 Å². The number of nitrogens with zero attached hydrogens (tertiary/aromatic N) is 6. The van der Waals surface area contributed by atoms with Gasteiger partial charge in [-0.1, -0.05) is 20.8 Å². The van der Waals surface area contributed by atoms with Gasteiger partial charge in [-0.25, -0.2) is 14.2 Å². The maximum Gasteiger partial charge on any atom is 0.328 e. The molecule has 9 nitrogen and oxygen atoms in total. The number of ether oxygens (including phenoxy) is 1. The van der Waals surface area contributed by atoms with E-state index in [0.717, 1.165) is 48.5 Å². The Morgan fingerprint density at radius 3 is 2.44 bits per heavy atom. The van der Waals surface area contributed by atoms with Crippen LogP contribution in [0.2, 0.25) is 0 Å². The van der Waals surface area contributed by atoms with Crippen LogP contribution in [0.4, 0.5) is 4.39 Å². The van der Waals surface area contributed by atoms with E-state index in [2.05, 4.69) is 31.2 Å². The first-order valence-electron chi connectivity index (χ1n) is 13.3. The second kappa shape index (κ2) is 9.08. The predicted molar refractivity (Wildman–Crippen MR) is 150 cm³/mol. The zero-order valence-electron chi connectivity index (χ0n) is 23.2. The maximum atomic E-state index is 15.6. The molecule has 0 unspecified atom stereocenters. The lowest BCUT2D eigenvalue weighted by atomic mass is 9.95. The third-order valence-corrected chi connectivity index (χ3v) is 7.58. The summed E-state index contributed by atoms with van der Waals surface area (Å²) in [5, 5.41) is 7.58. The van der Waals surface area contributed by atoms with Gasteiger partial charge in [0.05, 0.1) is 28.4 Å². The molecule has 4 heterocycles. The second-order valence-electron chi connectivity index (χ2n) is 11.5. The Kier molecular flexibility index (Phi) is 5.91. The lowest BCUT2D eigenvalue weighted by Crippen LogP contribution is -2.34. The normalized spacial score (nSPS) is 15.1. The number of imidazole rings is 2. The highest BCUT2D eigenvalue weighted by Crippen LogP contribution is 2.37. The van der Waals surface area contributed by atoms with Crippen molar-refractivity contribution < 1.29 is 9.13 Å². The van der Waals surface area contributed by atoms with Gasteiger partial charge in [0.1, 0.15) is 29.0 Å². The summed E-state index contributed by atoms with van der Waals surface area (Å²) in [4.78, 5) is 18.0. The van der Waals surface area contributed by atoms with Crippen molar-refractivity contribution in [2.24, 2.45) is 21.1 Å². The van der Waals surface area contributed by atoms with E-state index in [-0.39, 0.29) is 23.0 Å². The monoisotopic (exact) mass is 531 g/mol. The van der Waals surface area contributed by atoms with E-state index in [1.807, 2.05) is 23.7 Å². The first kappa shape index (κ1) is 25.4. The fourth-order valence-corrected chi connectivity index (χ4v) is 5.55. The fraction of sp³-hybridized carbons (Fsp3) is 0.414. The van der Waals surface area contributed by atoms with Gasteiger partial charge < -0.3 is 10.1 Å². The summed E-state index contributed by atoms with van der Waals surface area (Å²) in [6.07, 6.45) is 5.26. The number of halogens is 1. The third kappa shape index (κ3) is 4.23. The zero-order chi connectivity index (χ0) is 27.6. The number of nitrogens with one attached hydrogen (secondary N) is 1. The molecular weight excluding hydrogens is 497 g/mol. The van der Waals surface area contributed by atoms with E-state index in [9.17, 15) is 4.79 Å². The number of hydrogen-bond donors (Lipinski definition) is 1. The third-order valence-electron chi connectivity index (χ3n) is 7.58. The predicted octanol–water partition coefficient (Wildman–Crippen LogP) is 4.18. The van der Waals surface area contributed by atoms with Crippen LogP contribution in [0.3, 0.4) is 0 Å². The molecular formula is C29H34FN7O2. The van der Waals surface area contributed by atoms with Gasteiger partial charge in [-0.2, -0.15) is 5.10 Å². The molecule has 5 aromatic rings. The van der Waals surface area contributed by atoms with Crippen LogP contribution in [0.5, 0.6) is 5.75 Å². The Labute approximate surface area is 225 Å². The molecule has 0 radical (unpaired) electrons. The van der Waals surface area contributed by atoms with Gasteiger partial charge in [0.25, 0.3) is 0 Å². The summed E-state index contributed by atoms with van der Waals surface area (Å²) in [6.45, 7) is 8.05. The van der Waals surface area contributed by atoms with Crippen LogP contribution in [0.25, 0.3) is 38.9 Å². The molecule has 1 aliphatic rings. The summed E-state index contributed by atoms with van der Waals surface area (Å²) >= 11 is 0. The van der Waals surface area contributed by atoms with Crippen LogP contribution >= 0.6 is 0 Å². The van der Waals surface area contributed by atoms with Crippen molar-refractivity contribution in [1.29, 1.82) is 0 Å². The molecule has 0 aliphatic carbocycles. The number of piperidine rings is 1. The summed E-state index contributed by atoms with van der Waals surface area (Å²) < 4.78 is 29.1. The van der Waals surface area contributed by atoms with E-state index in [1.165, 1.54) is 0 Å². The standard InChI is InChI=1S/C29H34FN7O2/c1-29(2,3)27-33-22-13-20(17-15-32-34(4)16-17)21(30)14-23(22)37(27)18-11-24-26(36(6)28(38)35(24)5)25(12-18)39-19-7-9-31-10-8-19/h11-16,19,31H,7-10H2,1-6H3. The van der Waals surface area contributed by atoms with E-state index in [1.54, 1.807) is 52.4 Å². The Morgan fingerprint density at radius 2 is 1.77 bits per heavy atom. The van der Waals surface area contributed by atoms with Crippen molar-refractivity contribution in [3.63, 3.8) is 0 Å². The van der Waals surface area contributed by atoms with Gasteiger partial charge >= 0.3 is 5.69 Å². The number of fused-ring (bicyclic) bond motifs is 2. The number of benzene rings is 2. The summed E-state index contributed by atoms with van der Waals surface area (Å²) in [5.41, 5.74) is 4.27. The lowest BCUT2D eigenvalue weighted by Gasteiger charge is -2.25. The highest BCUT2D eigenvalue weighted by molar-refractivity contribution is 5.88. The largest absolute Gasteiger partial charge is 0.488 e. The molecule has 39 heavy (non-hydrogen) atoms. The van der Waals surface area contributed by atoms with Gasteiger partial charge in [-0.15, -0.1) is 0 Å². The molecule has 1 N–H and O–H groups in total. The minimum atomic E-state index is -0.350. The summed E-state index contributed by atoms with van der Waals surface area (Å²) in [7, 11) is 5.34. The van der Waals surface area contributed by atoms with Gasteiger partial charge in [-0.3, -0.25) is 18.4 Å². The maximum absolute atomic E-state index is 15.6. The second-order valence-corrected chi connectivity index (χ2v) is 11.5. The van der Waals surface area contributed by atoms with Crippen LogP contribution in [0, 0.1) is 5.82 Å². The average molecular weight is 532 g/mol. The van der Waals surface area contributed by atoms with Gasteiger partial charge in [0.15, 0.2) is 0 Å². The highest BCUT2D eigenvalue weighted by Gasteiger charge is 2.27. The fourth-order valence-electron chi connectivity index (χ4n) is 5.55. The van der Waals surface area contributed by atoms with Crippen molar-refractivity contribution in [3.8, 4) is 22.6 Å². The molecule has 1 saturated heterocycles. The quantitative estimate of drug-likeness (QED) is 0.376. The van der Waals surface area contributed by atoms with Gasteiger partial charge in [0, 0.05) is 56.0 Å². The van der Waals surface area contributed by atoms with Gasteiger partial charge in [-0.05, 0) is 38.1 Å². The number of aromatic nitrogens is 6. The number of aryl methyl sites for hydroxylation is 3. The molecule has 1 fully saturated rings. The average Bonchev–Trinajstić information content (AvgIpc) is 3.55. The van der Waals surface area contributed by atoms with Crippen LogP contribution in [-0.4, -0.2) is 47.7 Å². The van der Waals surface area contributed by atoms with Crippen molar-refractivity contribution >= 4 is 22.1 Å². The highest BCUT2D eigenvalue weighted by atomic mass is 19.1. The number of rotatable bonds is 4. The minimum absolute atomic E-state index is 0.0427. The molecule has 204 valence electrons. The van der Waals surface area contributed by atoms with Crippen molar-refractivity contribution in [3.05, 3.63) is 58.8 Å². The SMILES string of the molecule is Cn1cc(-c2cc3nc(C(C)(C)C)n(-c4cc(OC5CCNCC5)c5c(c4)n(C)c(=O)n5C)c3cc2F)cn1. The molecule has 1 aliphatic heterocycles. The van der Waals surface area contributed by atoms with E-state index in [4.69, 9.17) is 9.72 Å². The first-order chi connectivity index (χ1) is 18.5. The zero-order valence-corrected chi connectivity index (χ0v) is 23.2.